The standard InChI is InChI=1S/C14H22N4O3/c15-11-13(14(20)18-6-9-21-10-7-18)12-17-3-1-16(2-4-17)5-8-19/h12,19H,1-10H2/b13-12-. The second kappa shape index (κ2) is 7.98. The zero-order valence-electron chi connectivity index (χ0n) is 12.2. The van der Waals surface area contributed by atoms with E-state index in [9.17, 15) is 10.1 Å². The Hall–Kier alpha value is -1.62. The van der Waals surface area contributed by atoms with E-state index in [1.54, 1.807) is 11.1 Å². The average Bonchev–Trinajstić information content (AvgIpc) is 2.54. The predicted octanol–water partition coefficient (Wildman–Crippen LogP) is -1.14. The van der Waals surface area contributed by atoms with Crippen LogP contribution in [0.3, 0.4) is 0 Å². The van der Waals surface area contributed by atoms with Gasteiger partial charge in [0.2, 0.25) is 0 Å². The highest BCUT2D eigenvalue weighted by Gasteiger charge is 2.22. The Balaban J connectivity index is 1.91. The van der Waals surface area contributed by atoms with E-state index in [1.807, 2.05) is 11.0 Å². The number of carbonyl (C=O) groups is 1. The Labute approximate surface area is 125 Å². The first-order valence-electron chi connectivity index (χ1n) is 7.31. The highest BCUT2D eigenvalue weighted by atomic mass is 16.5. The summed E-state index contributed by atoms with van der Waals surface area (Å²) in [4.78, 5) is 18.1. The van der Waals surface area contributed by atoms with E-state index >= 15 is 0 Å². The Morgan fingerprint density at radius 1 is 1.19 bits per heavy atom. The molecule has 1 amide bonds. The summed E-state index contributed by atoms with van der Waals surface area (Å²) in [5.74, 6) is -0.210. The van der Waals surface area contributed by atoms with Crippen LogP contribution in [0.5, 0.6) is 0 Å². The van der Waals surface area contributed by atoms with E-state index in [2.05, 4.69) is 4.90 Å². The molecular weight excluding hydrogens is 272 g/mol. The van der Waals surface area contributed by atoms with Gasteiger partial charge in [-0.1, -0.05) is 0 Å². The first-order chi connectivity index (χ1) is 10.2. The fraction of sp³-hybridized carbons (Fsp3) is 0.714. The van der Waals surface area contributed by atoms with Crippen molar-refractivity contribution >= 4 is 5.91 Å². The molecule has 0 atom stereocenters. The predicted molar refractivity (Wildman–Crippen MR) is 76.2 cm³/mol. The number of hydrogen-bond acceptors (Lipinski definition) is 6. The molecule has 2 heterocycles. The van der Waals surface area contributed by atoms with E-state index in [-0.39, 0.29) is 18.1 Å². The molecule has 0 aromatic rings. The molecule has 2 saturated heterocycles. The van der Waals surface area contributed by atoms with Crippen LogP contribution in [0.25, 0.3) is 0 Å². The van der Waals surface area contributed by atoms with Gasteiger partial charge < -0.3 is 19.6 Å². The lowest BCUT2D eigenvalue weighted by Gasteiger charge is -2.34. The van der Waals surface area contributed by atoms with Crippen LogP contribution in [0, 0.1) is 11.3 Å². The molecule has 7 heteroatoms. The van der Waals surface area contributed by atoms with Gasteiger partial charge in [-0.2, -0.15) is 5.26 Å². The average molecular weight is 294 g/mol. The minimum atomic E-state index is -0.210. The number of β-amino-alcohol motifs (C(OH)–C–C–N with tert-alkyl or cyclic N) is 1. The fourth-order valence-corrected chi connectivity index (χ4v) is 2.51. The number of amides is 1. The van der Waals surface area contributed by atoms with Crippen LogP contribution < -0.4 is 0 Å². The topological polar surface area (TPSA) is 80.0 Å². The summed E-state index contributed by atoms with van der Waals surface area (Å²) >= 11 is 0. The van der Waals surface area contributed by atoms with Gasteiger partial charge in [0.05, 0.1) is 19.8 Å². The molecule has 0 saturated carbocycles. The van der Waals surface area contributed by atoms with Crippen molar-refractivity contribution in [1.82, 2.24) is 14.7 Å². The van der Waals surface area contributed by atoms with Gasteiger partial charge in [0.15, 0.2) is 0 Å². The Bertz CT molecular complexity index is 418. The van der Waals surface area contributed by atoms with Crippen molar-refractivity contribution in [2.24, 2.45) is 0 Å². The highest BCUT2D eigenvalue weighted by molar-refractivity contribution is 5.97. The first kappa shape index (κ1) is 15.8. The maximum absolute atomic E-state index is 12.3. The van der Waals surface area contributed by atoms with E-state index in [0.717, 1.165) is 26.2 Å². The van der Waals surface area contributed by atoms with Gasteiger partial charge in [-0.05, 0) is 0 Å². The molecule has 0 aliphatic carbocycles. The number of rotatable bonds is 4. The van der Waals surface area contributed by atoms with Crippen LogP contribution in [0.1, 0.15) is 0 Å². The smallest absolute Gasteiger partial charge is 0.266 e. The molecule has 2 aliphatic heterocycles. The summed E-state index contributed by atoms with van der Waals surface area (Å²) < 4.78 is 5.22. The third-order valence-electron chi connectivity index (χ3n) is 3.78. The van der Waals surface area contributed by atoms with Crippen molar-refractivity contribution in [2.45, 2.75) is 0 Å². The van der Waals surface area contributed by atoms with E-state index in [1.165, 1.54) is 0 Å². The monoisotopic (exact) mass is 294 g/mol. The molecule has 0 aromatic heterocycles. The maximum Gasteiger partial charge on any atom is 0.266 e. The Kier molecular flexibility index (Phi) is 5.99. The summed E-state index contributed by atoms with van der Waals surface area (Å²) in [6.07, 6.45) is 1.67. The number of ether oxygens (including phenoxy) is 1. The number of aliphatic hydroxyl groups excluding tert-OH is 1. The molecule has 7 nitrogen and oxygen atoms in total. The summed E-state index contributed by atoms with van der Waals surface area (Å²) in [7, 11) is 0. The molecule has 21 heavy (non-hydrogen) atoms. The maximum atomic E-state index is 12.3. The minimum absolute atomic E-state index is 0.162. The van der Waals surface area contributed by atoms with E-state index in [0.29, 0.717) is 32.8 Å². The third-order valence-corrected chi connectivity index (χ3v) is 3.78. The van der Waals surface area contributed by atoms with Crippen LogP contribution >= 0.6 is 0 Å². The summed E-state index contributed by atoms with van der Waals surface area (Å²) in [5.41, 5.74) is 0.188. The van der Waals surface area contributed by atoms with Crippen LogP contribution in [0.2, 0.25) is 0 Å². The summed E-state index contributed by atoms with van der Waals surface area (Å²) in [6, 6.07) is 2.02. The molecule has 2 rings (SSSR count). The molecular formula is C14H22N4O3. The quantitative estimate of drug-likeness (QED) is 0.522. The van der Waals surface area contributed by atoms with Gasteiger partial charge >= 0.3 is 0 Å². The lowest BCUT2D eigenvalue weighted by Crippen LogP contribution is -2.46. The summed E-state index contributed by atoms with van der Waals surface area (Å²) in [5, 5.41) is 18.1. The Morgan fingerprint density at radius 2 is 1.86 bits per heavy atom. The van der Waals surface area contributed by atoms with Crippen molar-refractivity contribution in [2.75, 3.05) is 65.6 Å². The SMILES string of the molecule is N#C/C(=C/N1CCN(CCO)CC1)C(=O)N1CCOCC1. The van der Waals surface area contributed by atoms with Gasteiger partial charge in [0.1, 0.15) is 11.6 Å². The van der Waals surface area contributed by atoms with Crippen LogP contribution in [-0.4, -0.2) is 91.3 Å². The normalized spacial score (nSPS) is 21.2. The lowest BCUT2D eigenvalue weighted by atomic mass is 10.2. The van der Waals surface area contributed by atoms with Crippen LogP contribution in [-0.2, 0) is 9.53 Å². The largest absolute Gasteiger partial charge is 0.395 e. The molecule has 1 N–H and O–H groups in total. The molecule has 0 unspecified atom stereocenters. The van der Waals surface area contributed by atoms with Gasteiger partial charge in [0.25, 0.3) is 5.91 Å². The number of aliphatic hydroxyl groups is 1. The van der Waals surface area contributed by atoms with Gasteiger partial charge in [-0.15, -0.1) is 0 Å². The van der Waals surface area contributed by atoms with Gasteiger partial charge in [-0.3, -0.25) is 9.69 Å². The molecule has 0 bridgehead atoms. The minimum Gasteiger partial charge on any atom is -0.395 e. The molecule has 2 aliphatic rings. The lowest BCUT2D eigenvalue weighted by molar-refractivity contribution is -0.130. The number of nitriles is 1. The fourth-order valence-electron chi connectivity index (χ4n) is 2.51. The zero-order valence-corrected chi connectivity index (χ0v) is 12.2. The van der Waals surface area contributed by atoms with Gasteiger partial charge in [0, 0.05) is 52.0 Å². The summed E-state index contributed by atoms with van der Waals surface area (Å²) in [6.45, 7) is 6.19. The van der Waals surface area contributed by atoms with E-state index in [4.69, 9.17) is 9.84 Å². The number of carbonyl (C=O) groups excluding carboxylic acids is 1. The number of piperazine rings is 1. The molecule has 116 valence electrons. The number of morpholine rings is 1. The molecule has 0 aromatic carbocycles. The van der Waals surface area contributed by atoms with Crippen LogP contribution in [0.15, 0.2) is 11.8 Å². The van der Waals surface area contributed by atoms with Crippen molar-refractivity contribution in [3.63, 3.8) is 0 Å². The second-order valence-corrected chi connectivity index (χ2v) is 5.16. The second-order valence-electron chi connectivity index (χ2n) is 5.16. The van der Waals surface area contributed by atoms with Crippen molar-refractivity contribution < 1.29 is 14.6 Å². The Morgan fingerprint density at radius 3 is 2.43 bits per heavy atom. The highest BCUT2D eigenvalue weighted by Crippen LogP contribution is 2.08. The van der Waals surface area contributed by atoms with Crippen molar-refractivity contribution in [3.8, 4) is 6.07 Å². The molecule has 0 spiro atoms. The number of nitrogens with zero attached hydrogens (tertiary/aromatic N) is 4. The van der Waals surface area contributed by atoms with E-state index < -0.39 is 0 Å². The third kappa shape index (κ3) is 4.43. The molecule has 0 radical (unpaired) electrons. The molecule has 2 fully saturated rings. The van der Waals surface area contributed by atoms with Crippen molar-refractivity contribution in [1.29, 1.82) is 5.26 Å². The zero-order chi connectivity index (χ0) is 15.1. The van der Waals surface area contributed by atoms with Crippen LogP contribution in [0.4, 0.5) is 0 Å². The first-order valence-corrected chi connectivity index (χ1v) is 7.31. The van der Waals surface area contributed by atoms with Gasteiger partial charge in [-0.25, -0.2) is 0 Å². The number of hydrogen-bond donors (Lipinski definition) is 1. The van der Waals surface area contributed by atoms with Crippen molar-refractivity contribution in [3.05, 3.63) is 11.8 Å².